The maximum absolute atomic E-state index is 10.1. The Kier molecular flexibility index (Phi) is 14.4. The van der Waals surface area contributed by atoms with Gasteiger partial charge in [0.15, 0.2) is 0 Å². The SMILES string of the molecule is CC(C1CCC(OCC2CC(O)CC(O)C2)CC1)(C1CCC(OCC2CC(O)CC(O)C2)CC1)C1CCC(OCC2CC(O)CC(O)C2)CC1. The van der Waals surface area contributed by atoms with Gasteiger partial charge in [0.2, 0.25) is 0 Å². The van der Waals surface area contributed by atoms with E-state index in [2.05, 4.69) is 6.92 Å². The Labute approximate surface area is 301 Å². The van der Waals surface area contributed by atoms with Crippen LogP contribution in [0.5, 0.6) is 0 Å². The lowest BCUT2D eigenvalue weighted by molar-refractivity contribution is -0.0993. The standard InChI is InChI=1S/C41H72O9/c1-41(29-2-8-38(9-3-29)48-23-26-14-32(42)20-33(43)15-26,30-4-10-39(11-5-30)49-24-27-16-34(44)21-35(45)17-27)31-6-12-40(13-7-31)50-25-28-18-36(46)22-37(47)19-28/h26-40,42-47H,2-25H2,1H3. The molecule has 0 aromatic rings. The van der Waals surface area contributed by atoms with Crippen molar-refractivity contribution in [3.63, 3.8) is 0 Å². The number of ether oxygens (including phenoxy) is 3. The fourth-order valence-corrected chi connectivity index (χ4v) is 11.9. The van der Waals surface area contributed by atoms with E-state index in [9.17, 15) is 30.6 Å². The van der Waals surface area contributed by atoms with Crippen molar-refractivity contribution in [1.82, 2.24) is 0 Å². The van der Waals surface area contributed by atoms with Gasteiger partial charge in [0.05, 0.1) is 54.9 Å². The Morgan fingerprint density at radius 2 is 0.580 bits per heavy atom. The van der Waals surface area contributed by atoms with Gasteiger partial charge in [0, 0.05) is 19.8 Å². The third kappa shape index (κ3) is 10.7. The molecule has 6 rings (SSSR count). The molecule has 6 aliphatic rings. The van der Waals surface area contributed by atoms with E-state index in [4.69, 9.17) is 14.2 Å². The van der Waals surface area contributed by atoms with Gasteiger partial charge < -0.3 is 44.8 Å². The van der Waals surface area contributed by atoms with E-state index in [0.717, 1.165) is 77.0 Å². The van der Waals surface area contributed by atoms with Crippen LogP contribution in [0.15, 0.2) is 0 Å². The van der Waals surface area contributed by atoms with Crippen LogP contribution < -0.4 is 0 Å². The molecule has 6 unspecified atom stereocenters. The molecule has 0 heterocycles. The van der Waals surface area contributed by atoms with Crippen molar-refractivity contribution < 1.29 is 44.8 Å². The van der Waals surface area contributed by atoms with Crippen LogP contribution in [0.4, 0.5) is 0 Å². The monoisotopic (exact) mass is 709 g/mol. The lowest BCUT2D eigenvalue weighted by Crippen LogP contribution is -2.47. The number of aliphatic hydroxyl groups is 6. The molecule has 6 N–H and O–H groups in total. The summed E-state index contributed by atoms with van der Waals surface area (Å²) in [4.78, 5) is 0. The fourth-order valence-electron chi connectivity index (χ4n) is 11.9. The first-order valence-electron chi connectivity index (χ1n) is 21.0. The molecule has 6 aliphatic carbocycles. The van der Waals surface area contributed by atoms with Crippen LogP contribution in [0.2, 0.25) is 0 Å². The van der Waals surface area contributed by atoms with Crippen LogP contribution in [0.3, 0.4) is 0 Å². The van der Waals surface area contributed by atoms with Crippen LogP contribution in [0.1, 0.15) is 142 Å². The van der Waals surface area contributed by atoms with Crippen LogP contribution in [0.25, 0.3) is 0 Å². The van der Waals surface area contributed by atoms with Gasteiger partial charge in [-0.15, -0.1) is 0 Å². The molecular formula is C41H72O9. The Morgan fingerprint density at radius 3 is 0.800 bits per heavy atom. The third-order valence-electron chi connectivity index (χ3n) is 14.6. The Balaban J connectivity index is 1.02. The fraction of sp³-hybridized carbons (Fsp3) is 1.00. The molecule has 6 fully saturated rings. The summed E-state index contributed by atoms with van der Waals surface area (Å²) >= 11 is 0. The highest BCUT2D eigenvalue weighted by molar-refractivity contribution is 4.99. The van der Waals surface area contributed by atoms with Crippen molar-refractivity contribution in [2.75, 3.05) is 19.8 Å². The number of hydrogen-bond donors (Lipinski definition) is 6. The highest BCUT2D eigenvalue weighted by Gasteiger charge is 2.49. The van der Waals surface area contributed by atoms with Crippen molar-refractivity contribution in [3.8, 4) is 0 Å². The smallest absolute Gasteiger partial charge is 0.0575 e. The van der Waals surface area contributed by atoms with Gasteiger partial charge in [0.25, 0.3) is 0 Å². The largest absolute Gasteiger partial charge is 0.393 e. The van der Waals surface area contributed by atoms with Gasteiger partial charge in [-0.1, -0.05) is 6.92 Å². The first kappa shape index (κ1) is 39.3. The maximum atomic E-state index is 10.1. The molecule has 0 aromatic carbocycles. The minimum Gasteiger partial charge on any atom is -0.393 e. The Bertz CT molecular complexity index is 837. The summed E-state index contributed by atoms with van der Waals surface area (Å²) in [6.07, 6.45) is 18.0. The molecule has 9 heteroatoms. The first-order valence-corrected chi connectivity index (χ1v) is 21.0. The third-order valence-corrected chi connectivity index (χ3v) is 14.6. The molecule has 0 aromatic heterocycles. The summed E-state index contributed by atoms with van der Waals surface area (Å²) in [5, 5.41) is 60.8. The van der Waals surface area contributed by atoms with Gasteiger partial charge in [-0.25, -0.2) is 0 Å². The van der Waals surface area contributed by atoms with Crippen molar-refractivity contribution >= 4 is 0 Å². The second-order valence-electron chi connectivity index (χ2n) is 18.4. The van der Waals surface area contributed by atoms with Gasteiger partial charge in [-0.05, 0) is 176 Å². The van der Waals surface area contributed by atoms with Crippen LogP contribution in [-0.4, -0.2) is 105 Å². The second-order valence-corrected chi connectivity index (χ2v) is 18.4. The summed E-state index contributed by atoms with van der Waals surface area (Å²) < 4.78 is 19.4. The molecule has 9 nitrogen and oxygen atoms in total. The van der Waals surface area contributed by atoms with Crippen LogP contribution in [0, 0.1) is 40.9 Å². The van der Waals surface area contributed by atoms with E-state index in [1.165, 1.54) is 38.5 Å². The second kappa shape index (κ2) is 18.3. The van der Waals surface area contributed by atoms with Crippen molar-refractivity contribution in [1.29, 1.82) is 0 Å². The zero-order chi connectivity index (χ0) is 35.3. The summed E-state index contributed by atoms with van der Waals surface area (Å²) in [5.41, 5.74) is 0.258. The van der Waals surface area contributed by atoms with Crippen molar-refractivity contribution in [2.45, 2.75) is 197 Å². The van der Waals surface area contributed by atoms with Gasteiger partial charge >= 0.3 is 0 Å². The quantitative estimate of drug-likeness (QED) is 0.159. The average molecular weight is 709 g/mol. The lowest BCUT2D eigenvalue weighted by Gasteiger charge is -2.54. The lowest BCUT2D eigenvalue weighted by atomic mass is 9.52. The molecule has 0 aliphatic heterocycles. The molecule has 0 bridgehead atoms. The topological polar surface area (TPSA) is 149 Å². The summed E-state index contributed by atoms with van der Waals surface area (Å²) in [5.74, 6) is 2.73. The normalized spacial score (nSPS) is 46.3. The summed E-state index contributed by atoms with van der Waals surface area (Å²) in [7, 11) is 0. The van der Waals surface area contributed by atoms with Crippen molar-refractivity contribution in [3.05, 3.63) is 0 Å². The van der Waals surface area contributed by atoms with E-state index in [1.54, 1.807) is 0 Å². The van der Waals surface area contributed by atoms with Gasteiger partial charge in [-0.3, -0.25) is 0 Å². The van der Waals surface area contributed by atoms with Gasteiger partial charge in [-0.2, -0.15) is 0 Å². The number of rotatable bonds is 12. The predicted molar refractivity (Wildman–Crippen MR) is 191 cm³/mol. The van der Waals surface area contributed by atoms with E-state index in [0.29, 0.717) is 56.8 Å². The minimum atomic E-state index is -0.411. The number of hydrogen-bond acceptors (Lipinski definition) is 9. The molecule has 6 atom stereocenters. The maximum Gasteiger partial charge on any atom is 0.0575 e. The molecule has 50 heavy (non-hydrogen) atoms. The van der Waals surface area contributed by atoms with E-state index in [-0.39, 0.29) is 41.5 Å². The molecule has 0 spiro atoms. The predicted octanol–water partition coefficient (Wildman–Crippen LogP) is 5.28. The summed E-state index contributed by atoms with van der Waals surface area (Å²) in [6, 6.07) is 0. The molecule has 0 radical (unpaired) electrons. The first-order chi connectivity index (χ1) is 24.0. The average Bonchev–Trinajstić information content (AvgIpc) is 3.08. The highest BCUT2D eigenvalue weighted by atomic mass is 16.5. The summed E-state index contributed by atoms with van der Waals surface area (Å²) in [6.45, 7) is 4.57. The van der Waals surface area contributed by atoms with Crippen LogP contribution in [-0.2, 0) is 14.2 Å². The minimum absolute atomic E-state index is 0.244. The molecule has 0 amide bonds. The van der Waals surface area contributed by atoms with Crippen molar-refractivity contribution in [2.24, 2.45) is 40.9 Å². The Hall–Kier alpha value is -0.360. The highest BCUT2D eigenvalue weighted by Crippen LogP contribution is 2.57. The molecule has 0 saturated heterocycles. The van der Waals surface area contributed by atoms with E-state index >= 15 is 0 Å². The molecule has 6 saturated carbocycles. The zero-order valence-electron chi connectivity index (χ0n) is 31.0. The zero-order valence-corrected chi connectivity index (χ0v) is 31.0. The van der Waals surface area contributed by atoms with Gasteiger partial charge in [0.1, 0.15) is 0 Å². The molecular weight excluding hydrogens is 636 g/mol. The molecule has 290 valence electrons. The number of aliphatic hydroxyl groups excluding tert-OH is 6. The van der Waals surface area contributed by atoms with E-state index < -0.39 is 36.6 Å². The van der Waals surface area contributed by atoms with E-state index in [1.807, 2.05) is 0 Å². The Morgan fingerprint density at radius 1 is 0.360 bits per heavy atom. The van der Waals surface area contributed by atoms with Crippen LogP contribution >= 0.6 is 0 Å².